The van der Waals surface area contributed by atoms with Crippen LogP contribution in [0.5, 0.6) is 0 Å². The molecule has 0 saturated heterocycles. The van der Waals surface area contributed by atoms with E-state index in [1.54, 1.807) is 12.1 Å². The van der Waals surface area contributed by atoms with Crippen molar-refractivity contribution in [1.82, 2.24) is 0 Å². The van der Waals surface area contributed by atoms with E-state index < -0.39 is 4.59 Å². The van der Waals surface area contributed by atoms with E-state index in [1.165, 1.54) is 12.1 Å². The third-order valence-electron chi connectivity index (χ3n) is 1.05. The van der Waals surface area contributed by atoms with Gasteiger partial charge in [-0.15, -0.1) is 0 Å². The van der Waals surface area contributed by atoms with Gasteiger partial charge in [-0.05, 0) is 6.07 Å². The van der Waals surface area contributed by atoms with E-state index in [9.17, 15) is 4.39 Å². The Hall–Kier alpha value is -0.270. The lowest BCUT2D eigenvalue weighted by atomic mass is 10.2. The minimum Gasteiger partial charge on any atom is -0.203 e. The van der Waals surface area contributed by atoms with Crippen molar-refractivity contribution in [3.05, 3.63) is 35.9 Å². The Kier molecular flexibility index (Phi) is 2.17. The topological polar surface area (TPSA) is 0 Å². The fraction of sp³-hybridized carbons (Fsp3) is 0.143. The predicted octanol–water partition coefficient (Wildman–Crippen LogP) is 3.04. The lowest BCUT2D eigenvalue weighted by Crippen LogP contribution is -1.99. The summed E-state index contributed by atoms with van der Waals surface area (Å²) in [5, 5.41) is 0. The molecule has 0 unspecified atom stereocenters. The molecule has 1 aromatic carbocycles. The standard InChI is InChI=1S/C7H4Cl2F/c8-7(9,10)6-4-2-1-3-5-6/h2-5H. The molecule has 0 aromatic heterocycles. The Bertz CT molecular complexity index is 203. The summed E-state index contributed by atoms with van der Waals surface area (Å²) < 4.78 is 10.4. The van der Waals surface area contributed by atoms with E-state index in [0.29, 0.717) is 0 Å². The van der Waals surface area contributed by atoms with Crippen molar-refractivity contribution >= 4 is 23.2 Å². The third kappa shape index (κ3) is 1.86. The molecule has 0 atom stereocenters. The van der Waals surface area contributed by atoms with E-state index in [2.05, 4.69) is 6.07 Å². The molecule has 0 amide bonds. The van der Waals surface area contributed by atoms with Crippen LogP contribution in [0.4, 0.5) is 4.39 Å². The second-order valence-electron chi connectivity index (χ2n) is 1.79. The summed E-state index contributed by atoms with van der Waals surface area (Å²) in [6.07, 6.45) is 0. The van der Waals surface area contributed by atoms with Crippen LogP contribution in [0.1, 0.15) is 5.56 Å². The quantitative estimate of drug-likeness (QED) is 0.579. The van der Waals surface area contributed by atoms with Gasteiger partial charge >= 0.3 is 0 Å². The molecule has 0 bridgehead atoms. The van der Waals surface area contributed by atoms with Gasteiger partial charge in [-0.2, -0.15) is 0 Å². The van der Waals surface area contributed by atoms with Crippen molar-refractivity contribution in [2.45, 2.75) is 4.59 Å². The van der Waals surface area contributed by atoms with Crippen molar-refractivity contribution < 1.29 is 4.39 Å². The first kappa shape index (κ1) is 7.83. The largest absolute Gasteiger partial charge is 0.283 e. The average molecular weight is 178 g/mol. The molecule has 0 fully saturated rings. The molecular formula is C7H4Cl2F. The van der Waals surface area contributed by atoms with Gasteiger partial charge in [0.2, 0.25) is 0 Å². The van der Waals surface area contributed by atoms with Gasteiger partial charge in [-0.1, -0.05) is 47.5 Å². The van der Waals surface area contributed by atoms with Crippen molar-refractivity contribution in [2.24, 2.45) is 0 Å². The fourth-order valence-corrected chi connectivity index (χ4v) is 0.828. The van der Waals surface area contributed by atoms with Crippen LogP contribution in [-0.4, -0.2) is 0 Å². The second kappa shape index (κ2) is 2.77. The molecule has 1 aromatic rings. The van der Waals surface area contributed by atoms with Crippen molar-refractivity contribution in [1.29, 1.82) is 0 Å². The van der Waals surface area contributed by atoms with Gasteiger partial charge in [0.05, 0.1) is 0 Å². The van der Waals surface area contributed by atoms with Gasteiger partial charge in [0.25, 0.3) is 4.59 Å². The average Bonchev–Trinajstić information content (AvgIpc) is 1.88. The van der Waals surface area contributed by atoms with Crippen LogP contribution < -0.4 is 0 Å². The highest BCUT2D eigenvalue weighted by molar-refractivity contribution is 6.46. The number of hydrogen-bond acceptors (Lipinski definition) is 0. The first-order chi connectivity index (χ1) is 4.61. The molecule has 1 radical (unpaired) electrons. The summed E-state index contributed by atoms with van der Waals surface area (Å²) in [5.74, 6) is 0. The highest BCUT2D eigenvalue weighted by atomic mass is 35.5. The zero-order chi connectivity index (χ0) is 7.61. The molecule has 0 aliphatic heterocycles. The van der Waals surface area contributed by atoms with Gasteiger partial charge in [-0.25, -0.2) is 4.39 Å². The zero-order valence-corrected chi connectivity index (χ0v) is 6.46. The van der Waals surface area contributed by atoms with E-state index in [0.717, 1.165) is 0 Å². The van der Waals surface area contributed by atoms with Gasteiger partial charge in [0.15, 0.2) is 0 Å². The molecule has 3 heteroatoms. The number of rotatable bonds is 1. The van der Waals surface area contributed by atoms with Crippen LogP contribution >= 0.6 is 23.2 Å². The van der Waals surface area contributed by atoms with Crippen LogP contribution in [0.15, 0.2) is 24.3 Å². The molecule has 0 aliphatic rings. The monoisotopic (exact) mass is 177 g/mol. The van der Waals surface area contributed by atoms with Crippen LogP contribution in [0, 0.1) is 6.07 Å². The van der Waals surface area contributed by atoms with Crippen LogP contribution in [0.3, 0.4) is 0 Å². The van der Waals surface area contributed by atoms with Crippen molar-refractivity contribution in [3.63, 3.8) is 0 Å². The summed E-state index contributed by atoms with van der Waals surface area (Å²) in [4.78, 5) is 0. The molecule has 0 spiro atoms. The molecule has 0 saturated carbocycles. The molecule has 0 nitrogen and oxygen atoms in total. The summed E-state index contributed by atoms with van der Waals surface area (Å²) in [6.45, 7) is 0. The van der Waals surface area contributed by atoms with Crippen molar-refractivity contribution in [3.8, 4) is 0 Å². The van der Waals surface area contributed by atoms with E-state index in [1.807, 2.05) is 0 Å². The molecule has 0 heterocycles. The van der Waals surface area contributed by atoms with Crippen LogP contribution in [0.25, 0.3) is 0 Å². The molecule has 0 N–H and O–H groups in total. The van der Waals surface area contributed by atoms with Crippen molar-refractivity contribution in [2.75, 3.05) is 0 Å². The predicted molar refractivity (Wildman–Crippen MR) is 39.8 cm³/mol. The lowest BCUT2D eigenvalue weighted by molar-refractivity contribution is 0.405. The second-order valence-corrected chi connectivity index (χ2v) is 3.02. The number of halogens is 3. The summed E-state index contributed by atoms with van der Waals surface area (Å²) >= 11 is 10.3. The summed E-state index contributed by atoms with van der Waals surface area (Å²) in [6, 6.07) is 8.77. The van der Waals surface area contributed by atoms with Crippen LogP contribution in [-0.2, 0) is 4.59 Å². The fourth-order valence-electron chi connectivity index (χ4n) is 0.576. The Morgan fingerprint density at radius 3 is 2.10 bits per heavy atom. The summed E-state index contributed by atoms with van der Waals surface area (Å²) in [7, 11) is 0. The Labute approximate surface area is 68.6 Å². The van der Waals surface area contributed by atoms with E-state index in [-0.39, 0.29) is 5.56 Å². The molecule has 53 valence electrons. The highest BCUT2D eigenvalue weighted by Gasteiger charge is 2.23. The smallest absolute Gasteiger partial charge is 0.203 e. The summed E-state index contributed by atoms with van der Waals surface area (Å²) in [5.41, 5.74) is 0.231. The molecule has 0 aliphatic carbocycles. The third-order valence-corrected chi connectivity index (χ3v) is 1.48. The van der Waals surface area contributed by atoms with E-state index in [4.69, 9.17) is 23.2 Å². The first-order valence-electron chi connectivity index (χ1n) is 2.64. The number of alkyl halides is 3. The lowest BCUT2D eigenvalue weighted by Gasteiger charge is -2.07. The molecule has 1 rings (SSSR count). The number of hydrogen-bond donors (Lipinski definition) is 0. The Morgan fingerprint density at radius 2 is 1.80 bits per heavy atom. The minimum absolute atomic E-state index is 0.231. The Balaban J connectivity index is 2.97. The highest BCUT2D eigenvalue weighted by Crippen LogP contribution is 2.34. The zero-order valence-electron chi connectivity index (χ0n) is 4.94. The van der Waals surface area contributed by atoms with Gasteiger partial charge in [-0.3, -0.25) is 0 Å². The van der Waals surface area contributed by atoms with E-state index >= 15 is 0 Å². The minimum atomic E-state index is -2.28. The van der Waals surface area contributed by atoms with Gasteiger partial charge in [0.1, 0.15) is 0 Å². The maximum atomic E-state index is 12.6. The molecular weight excluding hydrogens is 174 g/mol. The number of benzene rings is 1. The first-order valence-corrected chi connectivity index (χ1v) is 3.39. The normalized spacial score (nSPS) is 11.5. The SMILES string of the molecule is FC(Cl)(Cl)c1cc[c]cc1. The van der Waals surface area contributed by atoms with Crippen LogP contribution in [0.2, 0.25) is 0 Å². The van der Waals surface area contributed by atoms with Gasteiger partial charge in [0, 0.05) is 5.56 Å². The maximum absolute atomic E-state index is 12.6. The van der Waals surface area contributed by atoms with Gasteiger partial charge < -0.3 is 0 Å². The Morgan fingerprint density at radius 1 is 1.30 bits per heavy atom. The maximum Gasteiger partial charge on any atom is 0.283 e. The molecule has 10 heavy (non-hydrogen) atoms.